The number of ether oxygens (including phenoxy) is 1. The van der Waals surface area contributed by atoms with E-state index in [0.717, 1.165) is 23.4 Å². The van der Waals surface area contributed by atoms with Gasteiger partial charge in [-0.2, -0.15) is 0 Å². The van der Waals surface area contributed by atoms with Crippen LogP contribution in [-0.2, 0) is 0 Å². The van der Waals surface area contributed by atoms with Crippen LogP contribution in [0.25, 0.3) is 0 Å². The van der Waals surface area contributed by atoms with Crippen LogP contribution in [-0.4, -0.2) is 18.6 Å². The van der Waals surface area contributed by atoms with Gasteiger partial charge in [-0.25, -0.2) is 0 Å². The fraction of sp³-hybridized carbons (Fsp3) is 0.375. The average Bonchev–Trinajstić information content (AvgIpc) is 3.17. The fourth-order valence-corrected chi connectivity index (χ4v) is 4.42. The van der Waals surface area contributed by atoms with E-state index in [4.69, 9.17) is 4.74 Å². The average molecular weight is 377 g/mol. The minimum Gasteiger partial charge on any atom is -0.494 e. The van der Waals surface area contributed by atoms with E-state index in [0.29, 0.717) is 18.4 Å². The number of nitrogens with one attached hydrogen (secondary N) is 2. The number of allylic oxidation sites excluding steroid dienone is 2. The lowest BCUT2D eigenvalue weighted by Crippen LogP contribution is -2.34. The Balaban J connectivity index is 1.71. The van der Waals surface area contributed by atoms with E-state index in [2.05, 4.69) is 41.0 Å². The first kappa shape index (κ1) is 18.6. The molecule has 1 amide bonds. The third-order valence-electron chi connectivity index (χ3n) is 5.61. The Morgan fingerprint density at radius 3 is 2.71 bits per heavy atom. The topological polar surface area (TPSA) is 50.4 Å². The molecule has 1 heterocycles. The van der Waals surface area contributed by atoms with Gasteiger partial charge in [-0.05, 0) is 62.4 Å². The van der Waals surface area contributed by atoms with Gasteiger partial charge in [0.1, 0.15) is 5.75 Å². The van der Waals surface area contributed by atoms with Crippen molar-refractivity contribution in [3.63, 3.8) is 0 Å². The van der Waals surface area contributed by atoms with Gasteiger partial charge in [-0.1, -0.05) is 36.4 Å². The van der Waals surface area contributed by atoms with E-state index in [9.17, 15) is 4.79 Å². The first-order valence-electron chi connectivity index (χ1n) is 10.2. The Labute approximate surface area is 167 Å². The maximum absolute atomic E-state index is 12.8. The third-order valence-corrected chi connectivity index (χ3v) is 5.61. The molecule has 1 aliphatic heterocycles. The van der Waals surface area contributed by atoms with E-state index in [1.54, 1.807) is 0 Å². The highest BCUT2D eigenvalue weighted by atomic mass is 16.5. The summed E-state index contributed by atoms with van der Waals surface area (Å²) in [6.45, 7) is 6.63. The summed E-state index contributed by atoms with van der Waals surface area (Å²) in [4.78, 5) is 12.8. The van der Waals surface area contributed by atoms with Crippen LogP contribution in [0.15, 0.2) is 54.6 Å². The van der Waals surface area contributed by atoms with Crippen LogP contribution >= 0.6 is 0 Å². The van der Waals surface area contributed by atoms with Crippen molar-refractivity contribution in [2.24, 2.45) is 5.92 Å². The number of carbonyl (C=O) groups is 1. The molecule has 28 heavy (non-hydrogen) atoms. The molecule has 0 fully saturated rings. The van der Waals surface area contributed by atoms with Crippen LogP contribution in [0.5, 0.6) is 5.75 Å². The summed E-state index contributed by atoms with van der Waals surface area (Å²) in [6.07, 6.45) is 5.61. The maximum atomic E-state index is 12.8. The lowest BCUT2D eigenvalue weighted by atomic mass is 9.76. The molecule has 4 rings (SSSR count). The minimum absolute atomic E-state index is 0.0229. The van der Waals surface area contributed by atoms with E-state index in [1.807, 2.05) is 45.0 Å². The highest BCUT2D eigenvalue weighted by molar-refractivity contribution is 6.01. The standard InChI is InChI=1S/C24H28N2O2/c1-4-28-17-13-11-16(12-14-17)22-19-8-5-7-18(19)20-9-6-10-21(23(20)26-22)24(27)25-15(2)3/h5-7,9-15,18-19,22,26H,4,8H2,1-3H3,(H,25,27). The molecule has 0 aromatic heterocycles. The molecule has 3 atom stereocenters. The summed E-state index contributed by atoms with van der Waals surface area (Å²) in [5, 5.41) is 6.75. The molecule has 1 aliphatic carbocycles. The Morgan fingerprint density at radius 1 is 1.21 bits per heavy atom. The molecule has 0 bridgehead atoms. The van der Waals surface area contributed by atoms with Crippen molar-refractivity contribution < 1.29 is 9.53 Å². The fourth-order valence-electron chi connectivity index (χ4n) is 4.42. The first-order chi connectivity index (χ1) is 13.6. The lowest BCUT2D eigenvalue weighted by molar-refractivity contribution is 0.0943. The minimum atomic E-state index is -0.0229. The molecule has 4 nitrogen and oxygen atoms in total. The Morgan fingerprint density at radius 2 is 2.00 bits per heavy atom. The Kier molecular flexibility index (Phi) is 5.12. The summed E-state index contributed by atoms with van der Waals surface area (Å²) in [6, 6.07) is 14.7. The number of carbonyl (C=O) groups excluding carboxylic acids is 1. The van der Waals surface area contributed by atoms with E-state index < -0.39 is 0 Å². The zero-order valence-electron chi connectivity index (χ0n) is 16.7. The predicted octanol–water partition coefficient (Wildman–Crippen LogP) is 5.05. The summed E-state index contributed by atoms with van der Waals surface area (Å²) in [5.41, 5.74) is 4.14. The zero-order valence-corrected chi connectivity index (χ0v) is 16.7. The number of hydrogen-bond donors (Lipinski definition) is 2. The van der Waals surface area contributed by atoms with E-state index in [-0.39, 0.29) is 18.0 Å². The molecule has 3 unspecified atom stereocenters. The summed E-state index contributed by atoms with van der Waals surface area (Å²) in [5.74, 6) is 1.65. The van der Waals surface area contributed by atoms with Gasteiger partial charge in [0.2, 0.25) is 0 Å². The van der Waals surface area contributed by atoms with E-state index in [1.165, 1.54) is 11.1 Å². The molecule has 0 radical (unpaired) electrons. The Bertz CT molecular complexity index is 886. The highest BCUT2D eigenvalue weighted by Crippen LogP contribution is 2.50. The largest absolute Gasteiger partial charge is 0.494 e. The zero-order chi connectivity index (χ0) is 19.7. The molecule has 2 aliphatic rings. The summed E-state index contributed by atoms with van der Waals surface area (Å²) in [7, 11) is 0. The molecule has 2 aromatic carbocycles. The quantitative estimate of drug-likeness (QED) is 0.718. The smallest absolute Gasteiger partial charge is 0.253 e. The summed E-state index contributed by atoms with van der Waals surface area (Å²) >= 11 is 0. The highest BCUT2D eigenvalue weighted by Gasteiger charge is 2.39. The molecule has 146 valence electrons. The normalized spacial score (nSPS) is 22.4. The molecular weight excluding hydrogens is 348 g/mol. The van der Waals surface area contributed by atoms with Gasteiger partial charge in [0.25, 0.3) is 5.91 Å². The molecule has 0 saturated carbocycles. The van der Waals surface area contributed by atoms with Gasteiger partial charge in [-0.3, -0.25) is 4.79 Å². The van der Waals surface area contributed by atoms with Crippen molar-refractivity contribution in [1.82, 2.24) is 5.32 Å². The van der Waals surface area contributed by atoms with Gasteiger partial charge in [0, 0.05) is 12.0 Å². The van der Waals surface area contributed by atoms with Crippen molar-refractivity contribution >= 4 is 11.6 Å². The van der Waals surface area contributed by atoms with Gasteiger partial charge in [0.05, 0.1) is 23.9 Å². The molecule has 0 saturated heterocycles. The van der Waals surface area contributed by atoms with Crippen molar-refractivity contribution in [3.8, 4) is 5.75 Å². The number of hydrogen-bond acceptors (Lipinski definition) is 3. The molecular formula is C24H28N2O2. The second-order valence-corrected chi connectivity index (χ2v) is 7.88. The second-order valence-electron chi connectivity index (χ2n) is 7.88. The number of amides is 1. The van der Waals surface area contributed by atoms with Crippen LogP contribution in [0.3, 0.4) is 0 Å². The second kappa shape index (κ2) is 7.70. The number of rotatable bonds is 5. The maximum Gasteiger partial charge on any atom is 0.253 e. The van der Waals surface area contributed by atoms with Gasteiger partial charge in [0.15, 0.2) is 0 Å². The van der Waals surface area contributed by atoms with Crippen LogP contribution in [0.2, 0.25) is 0 Å². The lowest BCUT2D eigenvalue weighted by Gasteiger charge is -2.38. The Hall–Kier alpha value is -2.75. The van der Waals surface area contributed by atoms with Crippen molar-refractivity contribution in [1.29, 1.82) is 0 Å². The van der Waals surface area contributed by atoms with Crippen LogP contribution in [0.1, 0.15) is 60.6 Å². The van der Waals surface area contributed by atoms with Gasteiger partial charge >= 0.3 is 0 Å². The van der Waals surface area contributed by atoms with Crippen molar-refractivity contribution in [2.75, 3.05) is 11.9 Å². The monoisotopic (exact) mass is 376 g/mol. The molecule has 0 spiro atoms. The number of para-hydroxylation sites is 1. The summed E-state index contributed by atoms with van der Waals surface area (Å²) < 4.78 is 5.59. The van der Waals surface area contributed by atoms with E-state index >= 15 is 0 Å². The van der Waals surface area contributed by atoms with Crippen molar-refractivity contribution in [3.05, 3.63) is 71.3 Å². The SMILES string of the molecule is CCOc1ccc(C2Nc3c(C(=O)NC(C)C)cccc3C3C=CCC32)cc1. The predicted molar refractivity (Wildman–Crippen MR) is 113 cm³/mol. The first-order valence-corrected chi connectivity index (χ1v) is 10.2. The number of fused-ring (bicyclic) bond motifs is 3. The van der Waals surface area contributed by atoms with Gasteiger partial charge < -0.3 is 15.4 Å². The van der Waals surface area contributed by atoms with Crippen LogP contribution in [0, 0.1) is 5.92 Å². The number of benzene rings is 2. The number of anilines is 1. The molecule has 2 N–H and O–H groups in total. The van der Waals surface area contributed by atoms with Gasteiger partial charge in [-0.15, -0.1) is 0 Å². The third kappa shape index (κ3) is 3.39. The van der Waals surface area contributed by atoms with Crippen LogP contribution in [0.4, 0.5) is 5.69 Å². The molecule has 2 aromatic rings. The molecule has 4 heteroatoms. The van der Waals surface area contributed by atoms with Crippen molar-refractivity contribution in [2.45, 2.75) is 45.2 Å². The van der Waals surface area contributed by atoms with Crippen LogP contribution < -0.4 is 15.4 Å².